The van der Waals surface area contributed by atoms with E-state index in [1.54, 1.807) is 0 Å². The van der Waals surface area contributed by atoms with Gasteiger partial charge in [-0.05, 0) is 56.8 Å². The molecule has 0 unspecified atom stereocenters. The largest absolute Gasteiger partial charge is 0.386 e. The van der Waals surface area contributed by atoms with Crippen LogP contribution in [0.3, 0.4) is 0 Å². The lowest BCUT2D eigenvalue weighted by Gasteiger charge is -2.57. The lowest BCUT2D eigenvalue weighted by molar-refractivity contribution is -0.0699. The summed E-state index contributed by atoms with van der Waals surface area (Å²) in [6, 6.07) is 1.42. The van der Waals surface area contributed by atoms with E-state index in [9.17, 15) is 5.11 Å². The number of aliphatic hydroxyl groups is 1. The summed E-state index contributed by atoms with van der Waals surface area (Å²) in [5, 5.41) is 10.3. The molecule has 106 valence electrons. The van der Waals surface area contributed by atoms with Gasteiger partial charge >= 0.3 is 0 Å². The highest BCUT2D eigenvalue weighted by Gasteiger charge is 2.47. The van der Waals surface area contributed by atoms with Crippen molar-refractivity contribution in [1.82, 2.24) is 9.80 Å². The third kappa shape index (κ3) is 2.02. The molecule has 4 rings (SSSR count). The Morgan fingerprint density at radius 3 is 2.89 bits per heavy atom. The van der Waals surface area contributed by atoms with Crippen LogP contribution in [0.15, 0.2) is 12.3 Å². The normalized spacial score (nSPS) is 49.7. The van der Waals surface area contributed by atoms with Crippen molar-refractivity contribution in [3.8, 4) is 0 Å². The Kier molecular flexibility index (Phi) is 2.72. The summed E-state index contributed by atoms with van der Waals surface area (Å²) in [6.07, 6.45) is 10.7. The Bertz CT molecular complexity index is 392. The molecule has 1 N–H and O–H groups in total. The highest BCUT2D eigenvalue weighted by Crippen LogP contribution is 2.43. The van der Waals surface area contributed by atoms with Gasteiger partial charge in [0.15, 0.2) is 0 Å². The second-order valence-corrected chi connectivity index (χ2v) is 7.46. The predicted molar refractivity (Wildman–Crippen MR) is 75.7 cm³/mol. The molecule has 5 atom stereocenters. The average molecular weight is 262 g/mol. The van der Waals surface area contributed by atoms with E-state index in [-0.39, 0.29) is 0 Å². The van der Waals surface area contributed by atoms with Crippen LogP contribution < -0.4 is 0 Å². The van der Waals surface area contributed by atoms with Gasteiger partial charge in [-0.3, -0.25) is 4.90 Å². The van der Waals surface area contributed by atoms with Gasteiger partial charge in [0.25, 0.3) is 0 Å². The van der Waals surface area contributed by atoms with Gasteiger partial charge < -0.3 is 10.0 Å². The Morgan fingerprint density at radius 1 is 1.16 bits per heavy atom. The summed E-state index contributed by atoms with van der Waals surface area (Å²) in [5.41, 5.74) is -0.591. The molecule has 3 fully saturated rings. The van der Waals surface area contributed by atoms with Crippen LogP contribution in [0.25, 0.3) is 0 Å². The summed E-state index contributed by atoms with van der Waals surface area (Å²) in [5.74, 6) is 1.63. The molecule has 4 heterocycles. The lowest BCUT2D eigenvalue weighted by atomic mass is 9.70. The average Bonchev–Trinajstić information content (AvgIpc) is 2.40. The number of rotatable bonds is 0. The molecule has 0 aliphatic carbocycles. The summed E-state index contributed by atoms with van der Waals surface area (Å²) in [4.78, 5) is 5.31. The number of hydrogen-bond donors (Lipinski definition) is 1. The van der Waals surface area contributed by atoms with E-state index in [4.69, 9.17) is 0 Å². The van der Waals surface area contributed by atoms with E-state index < -0.39 is 5.60 Å². The molecule has 0 aromatic carbocycles. The van der Waals surface area contributed by atoms with Crippen molar-refractivity contribution < 1.29 is 5.11 Å². The van der Waals surface area contributed by atoms with E-state index in [2.05, 4.69) is 16.0 Å². The van der Waals surface area contributed by atoms with Crippen molar-refractivity contribution in [3.63, 3.8) is 0 Å². The molecule has 0 aromatic rings. The van der Waals surface area contributed by atoms with E-state index in [0.717, 1.165) is 24.3 Å². The fourth-order valence-corrected chi connectivity index (χ4v) is 5.05. The molecular weight excluding hydrogens is 236 g/mol. The van der Waals surface area contributed by atoms with E-state index in [0.29, 0.717) is 6.04 Å². The number of fused-ring (bicyclic) bond motifs is 6. The zero-order chi connectivity index (χ0) is 13.0. The van der Waals surface area contributed by atoms with Crippen LogP contribution in [0, 0.1) is 11.8 Å². The minimum atomic E-state index is -0.591. The van der Waals surface area contributed by atoms with Crippen LogP contribution in [0.4, 0.5) is 0 Å². The first-order valence-electron chi connectivity index (χ1n) is 8.04. The Balaban J connectivity index is 1.59. The minimum absolute atomic E-state index is 0.569. The SMILES string of the molecule is C[C@]1(O)C=CN2C[C@@H]3C[C@@H](CN4CCCC[C@@H]34)[C@H]2C1. The standard InChI is InChI=1S/C16H26N2O/c1-16(19)5-7-18-10-12-8-13(15(18)9-16)11-17-6-3-2-4-14(12)17/h5,7,12-15,19H,2-4,6,8-11H2,1H3/t12-,13-,14-,15+,16-/m0/s1. The van der Waals surface area contributed by atoms with Crippen molar-refractivity contribution in [3.05, 3.63) is 12.3 Å². The molecule has 0 saturated carbocycles. The molecule has 2 bridgehead atoms. The van der Waals surface area contributed by atoms with Gasteiger partial charge in [-0.15, -0.1) is 0 Å². The van der Waals surface area contributed by atoms with Crippen LogP contribution in [-0.4, -0.2) is 52.2 Å². The van der Waals surface area contributed by atoms with Crippen molar-refractivity contribution in [2.24, 2.45) is 11.8 Å². The zero-order valence-electron chi connectivity index (χ0n) is 12.0. The minimum Gasteiger partial charge on any atom is -0.386 e. The van der Waals surface area contributed by atoms with Crippen LogP contribution >= 0.6 is 0 Å². The Hall–Kier alpha value is -0.540. The summed E-state index contributed by atoms with van der Waals surface area (Å²) in [6.45, 7) is 5.76. The maximum absolute atomic E-state index is 10.3. The topological polar surface area (TPSA) is 26.7 Å². The molecular formula is C16H26N2O. The third-order valence-electron chi connectivity index (χ3n) is 5.95. The second kappa shape index (κ2) is 4.23. The third-order valence-corrected chi connectivity index (χ3v) is 5.95. The van der Waals surface area contributed by atoms with Crippen LogP contribution in [-0.2, 0) is 0 Å². The molecule has 3 heteroatoms. The van der Waals surface area contributed by atoms with E-state index in [1.165, 1.54) is 45.3 Å². The van der Waals surface area contributed by atoms with Gasteiger partial charge in [-0.25, -0.2) is 0 Å². The van der Waals surface area contributed by atoms with Crippen LogP contribution in [0.2, 0.25) is 0 Å². The molecule has 3 nitrogen and oxygen atoms in total. The van der Waals surface area contributed by atoms with Crippen LogP contribution in [0.5, 0.6) is 0 Å². The smallest absolute Gasteiger partial charge is 0.0836 e. The van der Waals surface area contributed by atoms with Crippen LogP contribution in [0.1, 0.15) is 39.0 Å². The van der Waals surface area contributed by atoms with Gasteiger partial charge in [0.05, 0.1) is 5.60 Å². The zero-order valence-corrected chi connectivity index (χ0v) is 12.0. The Morgan fingerprint density at radius 2 is 2.00 bits per heavy atom. The molecule has 0 spiro atoms. The molecule has 19 heavy (non-hydrogen) atoms. The van der Waals surface area contributed by atoms with E-state index in [1.807, 2.05) is 13.0 Å². The first kappa shape index (κ1) is 12.2. The van der Waals surface area contributed by atoms with E-state index >= 15 is 0 Å². The van der Waals surface area contributed by atoms with Gasteiger partial charge in [0.2, 0.25) is 0 Å². The van der Waals surface area contributed by atoms with Crippen molar-refractivity contribution in [2.75, 3.05) is 19.6 Å². The first-order valence-corrected chi connectivity index (χ1v) is 8.04. The number of nitrogens with zero attached hydrogens (tertiary/aromatic N) is 2. The first-order chi connectivity index (χ1) is 9.12. The molecule has 0 radical (unpaired) electrons. The maximum atomic E-state index is 10.3. The molecule has 0 aromatic heterocycles. The highest BCUT2D eigenvalue weighted by atomic mass is 16.3. The molecule has 3 saturated heterocycles. The molecule has 0 amide bonds. The fraction of sp³-hybridized carbons (Fsp3) is 0.875. The lowest BCUT2D eigenvalue weighted by Crippen LogP contribution is -2.63. The van der Waals surface area contributed by atoms with Crippen molar-refractivity contribution in [1.29, 1.82) is 0 Å². The molecule has 4 aliphatic rings. The Labute approximate surface area is 116 Å². The summed E-state index contributed by atoms with van der Waals surface area (Å²) < 4.78 is 0. The van der Waals surface area contributed by atoms with Crippen molar-refractivity contribution in [2.45, 2.75) is 56.7 Å². The van der Waals surface area contributed by atoms with Gasteiger partial charge in [-0.2, -0.15) is 0 Å². The number of piperidine rings is 3. The van der Waals surface area contributed by atoms with Gasteiger partial charge in [-0.1, -0.05) is 6.42 Å². The predicted octanol–water partition coefficient (Wildman–Crippen LogP) is 1.83. The number of hydrogen-bond acceptors (Lipinski definition) is 3. The quantitative estimate of drug-likeness (QED) is 0.721. The van der Waals surface area contributed by atoms with Crippen molar-refractivity contribution >= 4 is 0 Å². The maximum Gasteiger partial charge on any atom is 0.0836 e. The molecule has 4 aliphatic heterocycles. The second-order valence-electron chi connectivity index (χ2n) is 7.46. The highest BCUT2D eigenvalue weighted by molar-refractivity contribution is 5.12. The fourth-order valence-electron chi connectivity index (χ4n) is 5.05. The monoisotopic (exact) mass is 262 g/mol. The summed E-state index contributed by atoms with van der Waals surface area (Å²) in [7, 11) is 0. The summed E-state index contributed by atoms with van der Waals surface area (Å²) >= 11 is 0. The van der Waals surface area contributed by atoms with Gasteiger partial charge in [0, 0.05) is 31.6 Å². The van der Waals surface area contributed by atoms with Gasteiger partial charge in [0.1, 0.15) is 0 Å².